The molecule has 14 nitrogen and oxygen atoms in total. The molecule has 2 aliphatic carbocycles. The maximum Gasteiger partial charge on any atom is 0.407 e. The number of likely N-dealkylation sites (tertiary alicyclic amines) is 2. The zero-order valence-corrected chi connectivity index (χ0v) is 37.0. The number of aromatic nitrogens is 4. The molecule has 10 rings (SSSR count). The van der Waals surface area contributed by atoms with Gasteiger partial charge < -0.3 is 39.9 Å². The van der Waals surface area contributed by atoms with Crippen molar-refractivity contribution in [2.24, 2.45) is 17.3 Å². The van der Waals surface area contributed by atoms with Crippen molar-refractivity contribution in [1.29, 1.82) is 0 Å². The van der Waals surface area contributed by atoms with Crippen LogP contribution in [0.3, 0.4) is 0 Å². The molecule has 0 radical (unpaired) electrons. The van der Waals surface area contributed by atoms with Gasteiger partial charge in [0.15, 0.2) is 0 Å². The molecule has 4 N–H and O–H groups in total. The lowest BCUT2D eigenvalue weighted by Crippen LogP contribution is -2.51. The number of carbonyl (C=O) groups excluding carboxylic acids is 4. The predicted molar refractivity (Wildman–Crippen MR) is 245 cm³/mol. The van der Waals surface area contributed by atoms with Gasteiger partial charge in [-0.05, 0) is 101 Å². The Morgan fingerprint density at radius 2 is 1.34 bits per heavy atom. The molecule has 6 aromatic rings. The van der Waals surface area contributed by atoms with E-state index in [1.54, 1.807) is 0 Å². The second kappa shape index (κ2) is 16.9. The highest BCUT2D eigenvalue weighted by molar-refractivity contribution is 5.91. The summed E-state index contributed by atoms with van der Waals surface area (Å²) in [5.41, 5.74) is 6.74. The molecule has 2 aromatic heterocycles. The van der Waals surface area contributed by atoms with E-state index in [0.29, 0.717) is 12.1 Å². The molecular formula is C51H54N8O6. The Morgan fingerprint density at radius 3 is 2.03 bits per heavy atom. The first-order valence-electron chi connectivity index (χ1n) is 22.6. The standard InChI is InChI=1S/C51H54N8O6/c1-29(2)42(56-49(62)64-3)47(60)58-28-51(20-21-51)25-41(58)45-52-27-40(54-45)36-17-16-34-22-33(14-15-35(34)23-36)30-10-12-31(13-11-30)39-26-53-46(55-39)44-37-18-19-38(24-37)59(44)48(61)43(57-50(63)65-4)32-8-6-5-7-9-32/h5-17,22-23,26-27,29,37-38,41-44H,18-21,24-25,28H2,1-4H3,(H,52,54)(H,53,55)(H,56,62)(H,57,63)/t37-,38?,41-,42-,43?,44-/m0/s1. The summed E-state index contributed by atoms with van der Waals surface area (Å²) in [5.74, 6) is 1.40. The van der Waals surface area contributed by atoms with Gasteiger partial charge in [-0.3, -0.25) is 9.59 Å². The number of imidazole rings is 2. The highest BCUT2D eigenvalue weighted by atomic mass is 16.5. The molecule has 6 atom stereocenters. The van der Waals surface area contributed by atoms with Crippen LogP contribution in [0.15, 0.2) is 103 Å². The first-order chi connectivity index (χ1) is 31.5. The average molecular weight is 875 g/mol. The first-order valence-corrected chi connectivity index (χ1v) is 22.6. The van der Waals surface area contributed by atoms with Gasteiger partial charge in [0.2, 0.25) is 5.91 Å². The lowest BCUT2D eigenvalue weighted by atomic mass is 9.96. The van der Waals surface area contributed by atoms with E-state index in [1.165, 1.54) is 14.2 Å². The number of piperidine rings is 1. The van der Waals surface area contributed by atoms with E-state index >= 15 is 0 Å². The van der Waals surface area contributed by atoms with Crippen molar-refractivity contribution in [3.63, 3.8) is 0 Å². The van der Waals surface area contributed by atoms with Crippen molar-refractivity contribution in [3.05, 3.63) is 121 Å². The van der Waals surface area contributed by atoms with Crippen molar-refractivity contribution >= 4 is 34.8 Å². The molecule has 4 aromatic carbocycles. The van der Waals surface area contributed by atoms with Crippen LogP contribution in [0, 0.1) is 17.3 Å². The first kappa shape index (κ1) is 42.0. The molecule has 2 unspecified atom stereocenters. The van der Waals surface area contributed by atoms with Crippen LogP contribution in [0.2, 0.25) is 0 Å². The van der Waals surface area contributed by atoms with E-state index in [-0.39, 0.29) is 47.2 Å². The quantitative estimate of drug-likeness (QED) is 0.0999. The molecular weight excluding hydrogens is 821 g/mol. The zero-order valence-electron chi connectivity index (χ0n) is 37.0. The minimum atomic E-state index is -0.874. The summed E-state index contributed by atoms with van der Waals surface area (Å²) in [7, 11) is 2.61. The minimum absolute atomic E-state index is 0.0761. The van der Waals surface area contributed by atoms with Gasteiger partial charge in [0, 0.05) is 18.2 Å². The normalized spacial score (nSPS) is 21.4. The summed E-state index contributed by atoms with van der Waals surface area (Å²) in [5, 5.41) is 7.74. The lowest BCUT2D eigenvalue weighted by molar-refractivity contribution is -0.138. The van der Waals surface area contributed by atoms with E-state index in [9.17, 15) is 19.2 Å². The van der Waals surface area contributed by atoms with E-state index in [1.807, 2.05) is 66.4 Å². The molecule has 65 heavy (non-hydrogen) atoms. The van der Waals surface area contributed by atoms with Gasteiger partial charge in [0.25, 0.3) is 5.91 Å². The molecule has 4 amide bonds. The number of benzene rings is 4. The largest absolute Gasteiger partial charge is 0.453 e. The lowest BCUT2D eigenvalue weighted by Gasteiger charge is -2.36. The Balaban J connectivity index is 0.838. The van der Waals surface area contributed by atoms with Crippen molar-refractivity contribution in [1.82, 2.24) is 40.4 Å². The number of H-pyrrole nitrogens is 2. The summed E-state index contributed by atoms with van der Waals surface area (Å²) in [4.78, 5) is 73.4. The molecule has 1 spiro atoms. The fourth-order valence-corrected chi connectivity index (χ4v) is 10.6. The molecule has 4 aliphatic rings. The zero-order chi connectivity index (χ0) is 45.0. The number of ether oxygens (including phenoxy) is 2. The maximum atomic E-state index is 14.3. The monoisotopic (exact) mass is 874 g/mol. The number of hydrogen-bond acceptors (Lipinski definition) is 8. The topological polar surface area (TPSA) is 175 Å². The van der Waals surface area contributed by atoms with Gasteiger partial charge in [-0.15, -0.1) is 0 Å². The Kier molecular flexibility index (Phi) is 10.9. The average Bonchev–Trinajstić information content (AvgIpc) is 3.97. The number of hydrogen-bond donors (Lipinski definition) is 4. The highest BCUT2D eigenvalue weighted by Crippen LogP contribution is 2.58. The summed E-state index contributed by atoms with van der Waals surface area (Å²) < 4.78 is 9.73. The Morgan fingerprint density at radius 1 is 0.723 bits per heavy atom. The van der Waals surface area contributed by atoms with Gasteiger partial charge >= 0.3 is 12.2 Å². The van der Waals surface area contributed by atoms with Crippen LogP contribution in [0.4, 0.5) is 9.59 Å². The Labute approximate surface area is 377 Å². The summed E-state index contributed by atoms with van der Waals surface area (Å²) in [6.07, 6.45) is 8.28. The number of methoxy groups -OCH3 is 2. The van der Waals surface area contributed by atoms with Crippen LogP contribution in [0.5, 0.6) is 0 Å². The van der Waals surface area contributed by atoms with Crippen molar-refractivity contribution in [2.45, 2.75) is 82.6 Å². The van der Waals surface area contributed by atoms with Gasteiger partial charge in [-0.1, -0.05) is 92.7 Å². The van der Waals surface area contributed by atoms with E-state index < -0.39 is 24.3 Å². The number of amides is 4. The number of rotatable bonds is 11. The second-order valence-electron chi connectivity index (χ2n) is 18.7. The Bertz CT molecular complexity index is 2760. The molecule has 2 saturated carbocycles. The van der Waals surface area contributed by atoms with Gasteiger partial charge in [-0.2, -0.15) is 0 Å². The van der Waals surface area contributed by atoms with E-state index in [2.05, 4.69) is 81.3 Å². The third kappa shape index (κ3) is 7.99. The van der Waals surface area contributed by atoms with Gasteiger partial charge in [-0.25, -0.2) is 19.6 Å². The third-order valence-corrected chi connectivity index (χ3v) is 14.3. The minimum Gasteiger partial charge on any atom is -0.453 e. The molecule has 2 bridgehead atoms. The third-order valence-electron chi connectivity index (χ3n) is 14.3. The molecule has 14 heteroatoms. The van der Waals surface area contributed by atoms with Crippen molar-refractivity contribution in [2.75, 3.05) is 20.8 Å². The van der Waals surface area contributed by atoms with Crippen LogP contribution >= 0.6 is 0 Å². The van der Waals surface area contributed by atoms with Crippen LogP contribution in [-0.4, -0.2) is 86.6 Å². The van der Waals surface area contributed by atoms with Gasteiger partial charge in [0.1, 0.15) is 23.7 Å². The number of nitrogens with one attached hydrogen (secondary N) is 4. The molecule has 2 saturated heterocycles. The number of alkyl carbamates (subject to hydrolysis) is 2. The van der Waals surface area contributed by atoms with E-state index in [0.717, 1.165) is 94.6 Å². The number of fused-ring (bicyclic) bond motifs is 3. The van der Waals surface area contributed by atoms with Crippen LogP contribution in [-0.2, 0) is 19.1 Å². The molecule has 4 fully saturated rings. The van der Waals surface area contributed by atoms with Gasteiger partial charge in [0.05, 0.1) is 50.1 Å². The molecule has 334 valence electrons. The van der Waals surface area contributed by atoms with Crippen LogP contribution < -0.4 is 10.6 Å². The molecule has 2 aliphatic heterocycles. The number of aromatic amines is 2. The number of carbonyl (C=O) groups is 4. The maximum absolute atomic E-state index is 14.3. The van der Waals surface area contributed by atoms with E-state index in [4.69, 9.17) is 19.4 Å². The molecule has 4 heterocycles. The summed E-state index contributed by atoms with van der Waals surface area (Å²) in [6, 6.07) is 28.7. The highest BCUT2D eigenvalue weighted by Gasteiger charge is 2.55. The second-order valence-corrected chi connectivity index (χ2v) is 18.7. The fraction of sp³-hybridized carbons (Fsp3) is 0.373. The predicted octanol–water partition coefficient (Wildman–Crippen LogP) is 8.87. The van der Waals surface area contributed by atoms with Crippen molar-refractivity contribution < 1.29 is 28.7 Å². The summed E-state index contributed by atoms with van der Waals surface area (Å²) in [6.45, 7) is 4.51. The number of nitrogens with zero attached hydrogens (tertiary/aromatic N) is 4. The summed E-state index contributed by atoms with van der Waals surface area (Å²) >= 11 is 0. The SMILES string of the molecule is COC(=O)NC(C(=O)N1C2CC[C@@H](C2)[C@H]1c1ncc(-c2ccc(-c3ccc4cc(-c5cnc([C@@H]6CC7(CC7)CN6C(=O)[C@@H](NC(=O)OC)C(C)C)[nH]5)ccc4c3)cc2)[nH]1)c1ccccc1. The van der Waals surface area contributed by atoms with Crippen molar-refractivity contribution in [3.8, 4) is 33.6 Å². The smallest absolute Gasteiger partial charge is 0.407 e. The fourth-order valence-electron chi connectivity index (χ4n) is 10.6. The van der Waals surface area contributed by atoms with Crippen LogP contribution in [0.25, 0.3) is 44.4 Å². The Hall–Kier alpha value is -6.96. The van der Waals surface area contributed by atoms with Crippen LogP contribution in [0.1, 0.15) is 87.7 Å².